The normalized spacial score (nSPS) is 10.8. The summed E-state index contributed by atoms with van der Waals surface area (Å²) in [4.78, 5) is 12.3. The average Bonchev–Trinajstić information content (AvgIpc) is 3.14. The van der Waals surface area contributed by atoms with Crippen LogP contribution < -0.4 is 5.32 Å². The largest absolute Gasteiger partial charge is 0.453 e. The molecule has 3 aromatic rings. The summed E-state index contributed by atoms with van der Waals surface area (Å²) in [5.41, 5.74) is 3.54. The number of hydrogen-bond acceptors (Lipinski definition) is 4. The Morgan fingerprint density at radius 2 is 2.08 bits per heavy atom. The molecule has 24 heavy (non-hydrogen) atoms. The number of furan rings is 1. The van der Waals surface area contributed by atoms with Crippen LogP contribution in [0.3, 0.4) is 0 Å². The van der Waals surface area contributed by atoms with E-state index < -0.39 is 0 Å². The van der Waals surface area contributed by atoms with Gasteiger partial charge in [0.2, 0.25) is 0 Å². The Labute approximate surface area is 140 Å². The highest BCUT2D eigenvalue weighted by Gasteiger charge is 2.12. The molecule has 0 fully saturated rings. The SMILES string of the molecule is COCc1ccc(C(=O)Nc2cccc(-n3nc(C)cc3C)c2)o1. The number of aryl methyl sites for hydroxylation is 2. The van der Waals surface area contributed by atoms with Crippen molar-refractivity contribution in [3.8, 4) is 5.69 Å². The summed E-state index contributed by atoms with van der Waals surface area (Å²) < 4.78 is 12.3. The monoisotopic (exact) mass is 325 g/mol. The standard InChI is InChI=1S/C18H19N3O3/c1-12-9-13(2)21(20-12)15-6-4-5-14(10-15)19-18(22)17-8-7-16(24-17)11-23-3/h4-10H,11H2,1-3H3,(H,19,22). The van der Waals surface area contributed by atoms with Crippen molar-refractivity contribution in [2.24, 2.45) is 0 Å². The van der Waals surface area contributed by atoms with Crippen molar-refractivity contribution in [3.63, 3.8) is 0 Å². The number of amides is 1. The van der Waals surface area contributed by atoms with E-state index in [1.807, 2.05) is 48.9 Å². The van der Waals surface area contributed by atoms with Crippen LogP contribution in [-0.2, 0) is 11.3 Å². The number of nitrogens with one attached hydrogen (secondary N) is 1. The lowest BCUT2D eigenvalue weighted by molar-refractivity contribution is 0.0987. The number of carbonyl (C=O) groups is 1. The van der Waals surface area contributed by atoms with Gasteiger partial charge in [0.15, 0.2) is 5.76 Å². The second-order valence-corrected chi connectivity index (χ2v) is 5.54. The zero-order valence-corrected chi connectivity index (χ0v) is 13.9. The first-order valence-corrected chi connectivity index (χ1v) is 7.59. The molecule has 0 aliphatic rings. The van der Waals surface area contributed by atoms with Crippen molar-refractivity contribution in [2.75, 3.05) is 12.4 Å². The Morgan fingerprint density at radius 3 is 2.79 bits per heavy atom. The number of ether oxygens (including phenoxy) is 1. The quantitative estimate of drug-likeness (QED) is 0.780. The van der Waals surface area contributed by atoms with Crippen LogP contribution in [0.4, 0.5) is 5.69 Å². The summed E-state index contributed by atoms with van der Waals surface area (Å²) >= 11 is 0. The molecule has 0 aliphatic carbocycles. The van der Waals surface area contributed by atoms with Gasteiger partial charge in [0, 0.05) is 18.5 Å². The van der Waals surface area contributed by atoms with Gasteiger partial charge in [-0.3, -0.25) is 4.79 Å². The van der Waals surface area contributed by atoms with E-state index in [4.69, 9.17) is 9.15 Å². The Balaban J connectivity index is 1.79. The molecular formula is C18H19N3O3. The number of benzene rings is 1. The number of hydrogen-bond donors (Lipinski definition) is 1. The summed E-state index contributed by atoms with van der Waals surface area (Å²) in [7, 11) is 1.58. The third-order valence-corrected chi connectivity index (χ3v) is 3.53. The summed E-state index contributed by atoms with van der Waals surface area (Å²) in [5, 5.41) is 7.29. The van der Waals surface area contributed by atoms with Crippen molar-refractivity contribution < 1.29 is 13.9 Å². The number of carbonyl (C=O) groups excluding carboxylic acids is 1. The molecule has 0 radical (unpaired) electrons. The van der Waals surface area contributed by atoms with Crippen LogP contribution in [0.15, 0.2) is 46.9 Å². The molecule has 1 amide bonds. The molecule has 3 rings (SSSR count). The Hall–Kier alpha value is -2.86. The Morgan fingerprint density at radius 1 is 1.25 bits per heavy atom. The molecule has 2 heterocycles. The second-order valence-electron chi connectivity index (χ2n) is 5.54. The van der Waals surface area contributed by atoms with Gasteiger partial charge in [-0.15, -0.1) is 0 Å². The van der Waals surface area contributed by atoms with Gasteiger partial charge < -0.3 is 14.5 Å². The van der Waals surface area contributed by atoms with E-state index >= 15 is 0 Å². The lowest BCUT2D eigenvalue weighted by Crippen LogP contribution is -2.11. The first-order valence-electron chi connectivity index (χ1n) is 7.59. The van der Waals surface area contributed by atoms with E-state index in [0.29, 0.717) is 18.1 Å². The molecule has 0 unspecified atom stereocenters. The molecular weight excluding hydrogens is 306 g/mol. The van der Waals surface area contributed by atoms with Crippen molar-refractivity contribution in [2.45, 2.75) is 20.5 Å². The predicted octanol–water partition coefficient (Wildman–Crippen LogP) is 3.48. The minimum Gasteiger partial charge on any atom is -0.453 e. The lowest BCUT2D eigenvalue weighted by Gasteiger charge is -2.08. The van der Waals surface area contributed by atoms with Gasteiger partial charge in [-0.25, -0.2) is 4.68 Å². The molecule has 124 valence electrons. The second kappa shape index (κ2) is 6.72. The highest BCUT2D eigenvalue weighted by Crippen LogP contribution is 2.18. The minimum atomic E-state index is -0.303. The van der Waals surface area contributed by atoms with E-state index in [1.54, 1.807) is 19.2 Å². The Bertz CT molecular complexity index is 864. The molecule has 6 heteroatoms. The molecule has 1 aromatic carbocycles. The number of aromatic nitrogens is 2. The van der Waals surface area contributed by atoms with Gasteiger partial charge in [-0.05, 0) is 50.2 Å². The van der Waals surface area contributed by atoms with E-state index in [9.17, 15) is 4.79 Å². The maximum Gasteiger partial charge on any atom is 0.291 e. The van der Waals surface area contributed by atoms with Crippen LogP contribution in [0.5, 0.6) is 0 Å². The topological polar surface area (TPSA) is 69.3 Å². The maximum absolute atomic E-state index is 12.3. The van der Waals surface area contributed by atoms with Crippen LogP contribution in [0.1, 0.15) is 27.7 Å². The van der Waals surface area contributed by atoms with E-state index in [1.165, 1.54) is 0 Å². The molecule has 0 bridgehead atoms. The molecule has 0 saturated heterocycles. The molecule has 6 nitrogen and oxygen atoms in total. The van der Waals surface area contributed by atoms with Crippen molar-refractivity contribution in [1.82, 2.24) is 9.78 Å². The van der Waals surface area contributed by atoms with Crippen LogP contribution >= 0.6 is 0 Å². The lowest BCUT2D eigenvalue weighted by atomic mass is 10.2. The summed E-state index contributed by atoms with van der Waals surface area (Å²) in [5.74, 6) is 0.556. The van der Waals surface area contributed by atoms with Gasteiger partial charge in [-0.2, -0.15) is 5.10 Å². The molecule has 0 atom stereocenters. The smallest absolute Gasteiger partial charge is 0.291 e. The summed E-state index contributed by atoms with van der Waals surface area (Å²) in [6, 6.07) is 12.9. The summed E-state index contributed by atoms with van der Waals surface area (Å²) in [6.45, 7) is 4.27. The summed E-state index contributed by atoms with van der Waals surface area (Å²) in [6.07, 6.45) is 0. The highest BCUT2D eigenvalue weighted by atomic mass is 16.5. The van der Waals surface area contributed by atoms with Crippen molar-refractivity contribution >= 4 is 11.6 Å². The average molecular weight is 325 g/mol. The van der Waals surface area contributed by atoms with E-state index in [2.05, 4.69) is 10.4 Å². The zero-order valence-electron chi connectivity index (χ0n) is 13.9. The number of methoxy groups -OCH3 is 1. The third-order valence-electron chi connectivity index (χ3n) is 3.53. The highest BCUT2D eigenvalue weighted by molar-refractivity contribution is 6.02. The van der Waals surface area contributed by atoms with E-state index in [-0.39, 0.29) is 11.7 Å². The fourth-order valence-corrected chi connectivity index (χ4v) is 2.52. The maximum atomic E-state index is 12.3. The van der Waals surface area contributed by atoms with E-state index in [0.717, 1.165) is 17.1 Å². The first-order chi connectivity index (χ1) is 11.6. The molecule has 0 saturated carbocycles. The van der Waals surface area contributed by atoms with Gasteiger partial charge in [0.1, 0.15) is 12.4 Å². The predicted molar refractivity (Wildman–Crippen MR) is 90.4 cm³/mol. The molecule has 1 N–H and O–H groups in total. The third kappa shape index (κ3) is 3.38. The van der Waals surface area contributed by atoms with Crippen LogP contribution in [-0.4, -0.2) is 22.8 Å². The van der Waals surface area contributed by atoms with Crippen LogP contribution in [0.2, 0.25) is 0 Å². The van der Waals surface area contributed by atoms with Gasteiger partial charge in [0.05, 0.1) is 11.4 Å². The number of rotatable bonds is 5. The van der Waals surface area contributed by atoms with Gasteiger partial charge in [0.25, 0.3) is 5.91 Å². The van der Waals surface area contributed by atoms with Crippen molar-refractivity contribution in [3.05, 3.63) is 65.4 Å². The van der Waals surface area contributed by atoms with Gasteiger partial charge >= 0.3 is 0 Å². The fraction of sp³-hybridized carbons (Fsp3) is 0.222. The minimum absolute atomic E-state index is 0.249. The van der Waals surface area contributed by atoms with Crippen LogP contribution in [0.25, 0.3) is 5.69 Å². The van der Waals surface area contributed by atoms with Gasteiger partial charge in [-0.1, -0.05) is 6.07 Å². The number of nitrogens with zero attached hydrogens (tertiary/aromatic N) is 2. The fourth-order valence-electron chi connectivity index (χ4n) is 2.52. The van der Waals surface area contributed by atoms with Crippen molar-refractivity contribution in [1.29, 1.82) is 0 Å². The first kappa shape index (κ1) is 16.0. The molecule has 0 aliphatic heterocycles. The van der Waals surface area contributed by atoms with Crippen LogP contribution in [0, 0.1) is 13.8 Å². The zero-order chi connectivity index (χ0) is 17.1. The molecule has 0 spiro atoms. The molecule has 2 aromatic heterocycles. The number of anilines is 1. The Kier molecular flexibility index (Phi) is 4.48.